The van der Waals surface area contributed by atoms with Crippen molar-refractivity contribution in [2.24, 2.45) is 0 Å². The molecule has 0 spiro atoms. The molecule has 0 atom stereocenters. The van der Waals surface area contributed by atoms with Crippen molar-refractivity contribution in [3.8, 4) is 0 Å². The first-order valence-corrected chi connectivity index (χ1v) is 6.07. The summed E-state index contributed by atoms with van der Waals surface area (Å²) in [5.41, 5.74) is 0. The maximum absolute atomic E-state index is 2.62. The first-order chi connectivity index (χ1) is 6.95. The fraction of sp³-hybridized carbons (Fsp3) is 0.909. The molecule has 3 aliphatic rings. The molecule has 14 heavy (non-hydrogen) atoms. The minimum Gasteiger partial charge on any atom is -0.265 e. The molecule has 3 aliphatic heterocycles. The van der Waals surface area contributed by atoms with Crippen LogP contribution in [-0.2, 0) is 0 Å². The summed E-state index contributed by atoms with van der Waals surface area (Å²) in [4.78, 5) is 5.24. The van der Waals surface area contributed by atoms with E-state index in [9.17, 15) is 0 Å². The Balaban J connectivity index is 1.97. The van der Waals surface area contributed by atoms with E-state index in [1.54, 1.807) is 5.96 Å². The van der Waals surface area contributed by atoms with Crippen LogP contribution >= 0.6 is 0 Å². The highest BCUT2D eigenvalue weighted by Crippen LogP contribution is 2.17. The van der Waals surface area contributed by atoms with Crippen LogP contribution in [0.4, 0.5) is 0 Å². The highest BCUT2D eigenvalue weighted by Gasteiger charge is 2.35. The second-order valence-electron chi connectivity index (χ2n) is 4.68. The second-order valence-corrected chi connectivity index (χ2v) is 4.68. The van der Waals surface area contributed by atoms with Crippen LogP contribution < -0.4 is 0 Å². The lowest BCUT2D eigenvalue weighted by molar-refractivity contribution is -0.549. The zero-order chi connectivity index (χ0) is 9.38. The van der Waals surface area contributed by atoms with Crippen LogP contribution in [0.15, 0.2) is 0 Å². The lowest BCUT2D eigenvalue weighted by atomic mass is 10.2. The number of nitrogens with zero attached hydrogens (tertiary/aromatic N) is 3. The van der Waals surface area contributed by atoms with Gasteiger partial charge in [0.15, 0.2) is 0 Å². The van der Waals surface area contributed by atoms with E-state index in [0.717, 1.165) is 0 Å². The van der Waals surface area contributed by atoms with Gasteiger partial charge in [0.1, 0.15) is 0 Å². The van der Waals surface area contributed by atoms with Crippen molar-refractivity contribution >= 4 is 5.96 Å². The SMILES string of the molecule is C1CCN2CCC[N+]3=C2N(C1)CCC3. The van der Waals surface area contributed by atoms with E-state index in [-0.39, 0.29) is 0 Å². The molecule has 78 valence electrons. The van der Waals surface area contributed by atoms with Gasteiger partial charge in [0.2, 0.25) is 0 Å². The molecule has 1 fully saturated rings. The van der Waals surface area contributed by atoms with Gasteiger partial charge in [-0.05, 0) is 12.8 Å². The van der Waals surface area contributed by atoms with Crippen LogP contribution in [0.25, 0.3) is 0 Å². The van der Waals surface area contributed by atoms with Gasteiger partial charge in [0, 0.05) is 12.8 Å². The van der Waals surface area contributed by atoms with Crippen LogP contribution in [0.2, 0.25) is 0 Å². The van der Waals surface area contributed by atoms with E-state index in [2.05, 4.69) is 14.4 Å². The maximum Gasteiger partial charge on any atom is 0.350 e. The Morgan fingerprint density at radius 1 is 0.714 bits per heavy atom. The first kappa shape index (κ1) is 8.57. The zero-order valence-electron chi connectivity index (χ0n) is 8.91. The van der Waals surface area contributed by atoms with E-state index >= 15 is 0 Å². The Bertz CT molecular complexity index is 235. The molecule has 0 unspecified atom stereocenters. The van der Waals surface area contributed by atoms with Gasteiger partial charge >= 0.3 is 5.96 Å². The molecule has 0 radical (unpaired) electrons. The summed E-state index contributed by atoms with van der Waals surface area (Å²) in [5.74, 6) is 1.57. The standard InChI is InChI=1S/C11H20N3/c1-2-6-13-8-4-10-14-9-3-7-12(5-1)11(13)14/h1-10H2/q+1. The number of guanidine groups is 1. The van der Waals surface area contributed by atoms with E-state index < -0.39 is 0 Å². The van der Waals surface area contributed by atoms with Crippen LogP contribution in [0.3, 0.4) is 0 Å². The largest absolute Gasteiger partial charge is 0.350 e. The number of hydrogen-bond acceptors (Lipinski definition) is 2. The lowest BCUT2D eigenvalue weighted by Crippen LogP contribution is -2.55. The molecular weight excluding hydrogens is 174 g/mol. The van der Waals surface area contributed by atoms with Crippen LogP contribution in [0.5, 0.6) is 0 Å². The summed E-state index contributed by atoms with van der Waals surface area (Å²) in [6.07, 6.45) is 5.48. The van der Waals surface area contributed by atoms with Gasteiger partial charge in [-0.1, -0.05) is 0 Å². The minimum absolute atomic E-state index is 1.29. The summed E-state index contributed by atoms with van der Waals surface area (Å²) in [7, 11) is 0. The Kier molecular flexibility index (Phi) is 2.11. The first-order valence-electron chi connectivity index (χ1n) is 6.07. The normalized spacial score (nSPS) is 27.4. The molecule has 0 N–H and O–H groups in total. The van der Waals surface area contributed by atoms with Crippen molar-refractivity contribution in [3.05, 3.63) is 0 Å². The number of hydrogen-bond donors (Lipinski definition) is 0. The summed E-state index contributed by atoms with van der Waals surface area (Å²) in [5, 5.41) is 0. The molecule has 0 aromatic carbocycles. The van der Waals surface area contributed by atoms with Crippen LogP contribution in [-0.4, -0.2) is 59.6 Å². The molecule has 1 saturated heterocycles. The van der Waals surface area contributed by atoms with Gasteiger partial charge in [-0.25, -0.2) is 0 Å². The van der Waals surface area contributed by atoms with Gasteiger partial charge in [0.25, 0.3) is 0 Å². The van der Waals surface area contributed by atoms with Crippen molar-refractivity contribution < 1.29 is 4.58 Å². The Morgan fingerprint density at radius 2 is 1.21 bits per heavy atom. The fourth-order valence-corrected chi connectivity index (χ4v) is 3.05. The predicted molar refractivity (Wildman–Crippen MR) is 56.6 cm³/mol. The Morgan fingerprint density at radius 3 is 1.79 bits per heavy atom. The molecule has 3 nitrogen and oxygen atoms in total. The molecule has 3 heteroatoms. The maximum atomic E-state index is 2.62. The monoisotopic (exact) mass is 194 g/mol. The third-order valence-electron chi connectivity index (χ3n) is 3.67. The molecule has 0 amide bonds. The van der Waals surface area contributed by atoms with Crippen molar-refractivity contribution in [3.63, 3.8) is 0 Å². The average molecular weight is 194 g/mol. The number of rotatable bonds is 0. The average Bonchev–Trinajstić information content (AvgIpc) is 2.44. The quantitative estimate of drug-likeness (QED) is 0.521. The van der Waals surface area contributed by atoms with E-state index in [1.807, 2.05) is 0 Å². The molecular formula is C11H20N3+. The Labute approximate surface area is 86.0 Å². The van der Waals surface area contributed by atoms with E-state index in [1.165, 1.54) is 65.0 Å². The van der Waals surface area contributed by atoms with Crippen molar-refractivity contribution in [1.29, 1.82) is 0 Å². The second kappa shape index (κ2) is 3.44. The molecule has 0 aromatic rings. The predicted octanol–water partition coefficient (Wildman–Crippen LogP) is 0.560. The van der Waals surface area contributed by atoms with Crippen molar-refractivity contribution in [2.75, 3.05) is 39.3 Å². The summed E-state index contributed by atoms with van der Waals surface area (Å²) in [6.45, 7) is 7.76. The summed E-state index contributed by atoms with van der Waals surface area (Å²) < 4.78 is 2.61. The van der Waals surface area contributed by atoms with Crippen molar-refractivity contribution in [1.82, 2.24) is 9.80 Å². The molecule has 0 aromatic heterocycles. The van der Waals surface area contributed by atoms with E-state index in [0.29, 0.717) is 0 Å². The minimum atomic E-state index is 1.29. The molecule has 0 bridgehead atoms. The van der Waals surface area contributed by atoms with Gasteiger partial charge in [-0.15, -0.1) is 0 Å². The van der Waals surface area contributed by atoms with Crippen LogP contribution in [0.1, 0.15) is 25.7 Å². The molecule has 3 heterocycles. The van der Waals surface area contributed by atoms with Gasteiger partial charge < -0.3 is 0 Å². The molecule has 3 rings (SSSR count). The van der Waals surface area contributed by atoms with Crippen LogP contribution in [0, 0.1) is 0 Å². The van der Waals surface area contributed by atoms with Crippen molar-refractivity contribution in [2.45, 2.75) is 25.7 Å². The summed E-state index contributed by atoms with van der Waals surface area (Å²) in [6, 6.07) is 0. The zero-order valence-corrected chi connectivity index (χ0v) is 8.91. The van der Waals surface area contributed by atoms with Gasteiger partial charge in [-0.2, -0.15) is 0 Å². The molecule has 0 saturated carbocycles. The highest BCUT2D eigenvalue weighted by molar-refractivity contribution is 5.76. The summed E-state index contributed by atoms with van der Waals surface area (Å²) >= 11 is 0. The lowest BCUT2D eigenvalue weighted by Gasteiger charge is -2.34. The Hall–Kier alpha value is -0.730. The van der Waals surface area contributed by atoms with Gasteiger partial charge in [-0.3, -0.25) is 14.4 Å². The smallest absolute Gasteiger partial charge is 0.265 e. The van der Waals surface area contributed by atoms with Gasteiger partial charge in [0.05, 0.1) is 39.3 Å². The third kappa shape index (κ3) is 1.30. The molecule has 0 aliphatic carbocycles. The fourth-order valence-electron chi connectivity index (χ4n) is 3.05. The van der Waals surface area contributed by atoms with E-state index in [4.69, 9.17) is 0 Å². The third-order valence-corrected chi connectivity index (χ3v) is 3.67. The highest BCUT2D eigenvalue weighted by atomic mass is 15.4. The topological polar surface area (TPSA) is 9.49 Å².